The summed E-state index contributed by atoms with van der Waals surface area (Å²) in [7, 11) is 0. The summed E-state index contributed by atoms with van der Waals surface area (Å²) in [4.78, 5) is 5.16. The Labute approximate surface area is 451 Å². The number of rotatable bonds is 3. The minimum atomic E-state index is -0.344. The van der Waals surface area contributed by atoms with E-state index in [2.05, 4.69) is 231 Å². The van der Waals surface area contributed by atoms with Gasteiger partial charge in [0, 0.05) is 59.0 Å². The van der Waals surface area contributed by atoms with Crippen LogP contribution in [0.2, 0.25) is 0 Å². The van der Waals surface area contributed by atoms with Crippen molar-refractivity contribution in [3.63, 3.8) is 0 Å². The third kappa shape index (κ3) is 6.49. The first kappa shape index (κ1) is 46.3. The molecule has 0 saturated heterocycles. The lowest BCUT2D eigenvalue weighted by Crippen LogP contribution is -2.61. The molecule has 76 heavy (non-hydrogen) atoms. The number of hydrogen-bond donors (Lipinski definition) is 0. The molecule has 0 spiro atoms. The molecule has 15 rings (SSSR count). The number of furan rings is 2. The van der Waals surface area contributed by atoms with Crippen LogP contribution in [0.3, 0.4) is 0 Å². The number of hydrogen-bond acceptors (Lipinski definition) is 5. The number of thiophene rings is 1. The molecule has 2 aliphatic carbocycles. The first-order chi connectivity index (χ1) is 36.3. The second kappa shape index (κ2) is 15.3. The summed E-state index contributed by atoms with van der Waals surface area (Å²) < 4.78 is 17.7. The van der Waals surface area contributed by atoms with Crippen molar-refractivity contribution in [3.8, 4) is 22.3 Å². The molecule has 3 aromatic heterocycles. The summed E-state index contributed by atoms with van der Waals surface area (Å²) >= 11 is 1.95. The Morgan fingerprint density at radius 1 is 0.474 bits per heavy atom. The Balaban J connectivity index is 1.10. The van der Waals surface area contributed by atoms with Gasteiger partial charge in [0.15, 0.2) is 5.58 Å². The highest BCUT2D eigenvalue weighted by Crippen LogP contribution is 2.57. The predicted octanol–water partition coefficient (Wildman–Crippen LogP) is 19.1. The van der Waals surface area contributed by atoms with Crippen LogP contribution >= 0.6 is 11.3 Å². The van der Waals surface area contributed by atoms with Crippen LogP contribution in [0.5, 0.6) is 0 Å². The molecule has 0 unspecified atom stereocenters. The molecule has 0 N–H and O–H groups in total. The molecule has 0 atom stereocenters. The Bertz CT molecular complexity index is 4270. The molecule has 376 valence electrons. The second-order valence-corrected chi connectivity index (χ2v) is 27.7. The molecule has 5 heterocycles. The molecular weight excluding hydrogens is 944 g/mol. The zero-order chi connectivity index (χ0) is 52.2. The molecule has 4 nitrogen and oxygen atoms in total. The minimum absolute atomic E-state index is 0.00208. The minimum Gasteiger partial charge on any atom is -0.466 e. The summed E-state index contributed by atoms with van der Waals surface area (Å²) in [5.74, 6) is 0. The third-order valence-electron chi connectivity index (χ3n) is 18.9. The normalized spacial score (nSPS) is 17.8. The molecule has 2 aliphatic heterocycles. The summed E-state index contributed by atoms with van der Waals surface area (Å²) in [6, 6.07) is 55.7. The fraction of sp³-hybridized carbons (Fsp3) is 0.286. The predicted molar refractivity (Wildman–Crippen MR) is 325 cm³/mol. The standard InChI is InChI=1S/C70H65BN2O2S/c1-66(2,3)42-23-27-43(28-24-42)72-62-51-36-53-54(69(8,9)31-29-68(53,6)7)37-58(51)75-65(62)71-61-49(34-50-45-19-15-16-20-57(45)74-64(50)63(61)72)46-33-47-48-35-52-55(70(10,11)32-30-67(52,4)5)38-59(48)76-60(47)39-56(46)73(71)44-25-21-41(22-26-44)40-17-13-12-14-18-40/h12-28,33-39H,29-32H2,1-11H3. The average molecular weight is 1010 g/mol. The van der Waals surface area contributed by atoms with Crippen LogP contribution in [0.1, 0.15) is 130 Å². The highest BCUT2D eigenvalue weighted by atomic mass is 32.1. The van der Waals surface area contributed by atoms with E-state index >= 15 is 0 Å². The largest absolute Gasteiger partial charge is 0.466 e. The van der Waals surface area contributed by atoms with Crippen molar-refractivity contribution in [1.29, 1.82) is 0 Å². The first-order valence-corrected chi connectivity index (χ1v) is 28.6. The van der Waals surface area contributed by atoms with Crippen molar-refractivity contribution >= 4 is 111 Å². The van der Waals surface area contributed by atoms with Crippen LogP contribution in [0, 0.1) is 0 Å². The Hall–Kier alpha value is -7.02. The summed E-state index contributed by atoms with van der Waals surface area (Å²) in [5, 5.41) is 6.05. The maximum atomic E-state index is 7.75. The first-order valence-electron chi connectivity index (χ1n) is 27.8. The molecule has 0 amide bonds. The van der Waals surface area contributed by atoms with Gasteiger partial charge in [0.2, 0.25) is 0 Å². The number of fused-ring (bicyclic) bond motifs is 15. The van der Waals surface area contributed by atoms with Gasteiger partial charge in [-0.15, -0.1) is 11.3 Å². The number of para-hydroxylation sites is 1. The zero-order valence-electron chi connectivity index (χ0n) is 45.9. The average Bonchev–Trinajstić information content (AvgIpc) is 4.17. The fourth-order valence-electron chi connectivity index (χ4n) is 14.2. The maximum absolute atomic E-state index is 7.75. The van der Waals surface area contributed by atoms with Crippen molar-refractivity contribution in [3.05, 3.63) is 173 Å². The van der Waals surface area contributed by atoms with Gasteiger partial charge >= 0.3 is 6.85 Å². The van der Waals surface area contributed by atoms with E-state index in [9.17, 15) is 0 Å². The third-order valence-corrected chi connectivity index (χ3v) is 20.0. The van der Waals surface area contributed by atoms with Crippen LogP contribution < -0.4 is 20.8 Å². The van der Waals surface area contributed by atoms with Gasteiger partial charge in [-0.3, -0.25) is 0 Å². The van der Waals surface area contributed by atoms with Gasteiger partial charge in [0.05, 0.1) is 11.4 Å². The molecule has 11 aromatic rings. The van der Waals surface area contributed by atoms with Gasteiger partial charge < -0.3 is 18.5 Å². The van der Waals surface area contributed by atoms with Crippen LogP contribution in [-0.4, -0.2) is 6.85 Å². The fourth-order valence-corrected chi connectivity index (χ4v) is 15.3. The van der Waals surface area contributed by atoms with Crippen molar-refractivity contribution in [2.75, 3.05) is 9.71 Å². The number of benzene rings is 8. The van der Waals surface area contributed by atoms with E-state index in [-0.39, 0.29) is 33.9 Å². The van der Waals surface area contributed by atoms with E-state index in [1.165, 1.54) is 94.2 Å². The van der Waals surface area contributed by atoms with E-state index in [0.29, 0.717) is 0 Å². The molecule has 6 heteroatoms. The van der Waals surface area contributed by atoms with Crippen LogP contribution in [0.15, 0.2) is 154 Å². The van der Waals surface area contributed by atoms with Gasteiger partial charge in [0.25, 0.3) is 0 Å². The topological polar surface area (TPSA) is 32.8 Å². The highest BCUT2D eigenvalue weighted by Gasteiger charge is 2.51. The van der Waals surface area contributed by atoms with Crippen molar-refractivity contribution in [1.82, 2.24) is 0 Å². The molecule has 0 bridgehead atoms. The lowest BCUT2D eigenvalue weighted by atomic mass is 9.45. The Kier molecular flexibility index (Phi) is 9.35. The lowest BCUT2D eigenvalue weighted by Gasteiger charge is -2.44. The van der Waals surface area contributed by atoms with E-state index in [0.717, 1.165) is 74.2 Å². The molecular formula is C70H65BN2O2S. The van der Waals surface area contributed by atoms with E-state index < -0.39 is 0 Å². The van der Waals surface area contributed by atoms with Gasteiger partial charge in [-0.2, -0.15) is 0 Å². The van der Waals surface area contributed by atoms with E-state index in [4.69, 9.17) is 8.83 Å². The van der Waals surface area contributed by atoms with Crippen LogP contribution in [0.4, 0.5) is 28.4 Å². The number of anilines is 5. The summed E-state index contributed by atoms with van der Waals surface area (Å²) in [6.07, 6.45) is 4.62. The number of nitrogens with zero attached hydrogens (tertiary/aromatic N) is 2. The molecule has 8 aromatic carbocycles. The van der Waals surface area contributed by atoms with E-state index in [1.54, 1.807) is 0 Å². The van der Waals surface area contributed by atoms with Gasteiger partial charge in [0.1, 0.15) is 16.8 Å². The maximum Gasteiger partial charge on any atom is 0.376 e. The smallest absolute Gasteiger partial charge is 0.376 e. The quantitative estimate of drug-likeness (QED) is 0.165. The summed E-state index contributed by atoms with van der Waals surface area (Å²) in [6.45, 7) is 26.1. The summed E-state index contributed by atoms with van der Waals surface area (Å²) in [5.41, 5.74) is 22.5. The van der Waals surface area contributed by atoms with Gasteiger partial charge in [-0.1, -0.05) is 149 Å². The lowest BCUT2D eigenvalue weighted by molar-refractivity contribution is 0.332. The van der Waals surface area contributed by atoms with Gasteiger partial charge in [-0.05, 0) is 176 Å². The van der Waals surface area contributed by atoms with Crippen molar-refractivity contribution in [2.45, 2.75) is 129 Å². The zero-order valence-corrected chi connectivity index (χ0v) is 46.7. The SMILES string of the molecule is CC(C)(C)c1ccc(N2c3c(oc4cc5c(cc34)C(C)(C)CCC5(C)C)B3c4c(cc5c(oc6ccccc65)c42)-c2cc4c(cc2N3c2ccc(-c3ccccc3)cc2)sc2cc3c(cc24)C(C)(C)CCC3(C)C)cc1. The molecule has 0 radical (unpaired) electrons. The molecule has 4 aliphatic rings. The molecule has 0 saturated carbocycles. The Morgan fingerprint density at radius 3 is 1.70 bits per heavy atom. The highest BCUT2D eigenvalue weighted by molar-refractivity contribution is 7.26. The van der Waals surface area contributed by atoms with Crippen LogP contribution in [0.25, 0.3) is 75.3 Å². The van der Waals surface area contributed by atoms with Gasteiger partial charge in [-0.25, -0.2) is 0 Å². The Morgan fingerprint density at radius 2 is 1.03 bits per heavy atom. The monoisotopic (exact) mass is 1010 g/mol. The molecule has 0 fully saturated rings. The van der Waals surface area contributed by atoms with Crippen molar-refractivity contribution < 1.29 is 8.83 Å². The van der Waals surface area contributed by atoms with E-state index in [1.807, 2.05) is 11.3 Å². The van der Waals surface area contributed by atoms with Crippen molar-refractivity contribution in [2.24, 2.45) is 0 Å². The second-order valence-electron chi connectivity index (χ2n) is 26.6. The van der Waals surface area contributed by atoms with Crippen LogP contribution in [-0.2, 0) is 27.1 Å².